The summed E-state index contributed by atoms with van der Waals surface area (Å²) in [6.45, 7) is 0. The number of hydrogen-bond acceptors (Lipinski definition) is 2. The topological polar surface area (TPSA) is 49.4 Å². The first-order valence-electron chi connectivity index (χ1n) is 10.5. The molecule has 4 rings (SSSR count). The Morgan fingerprint density at radius 3 is 2.25 bits per heavy atom. The first-order valence-corrected chi connectivity index (χ1v) is 12.0. The van der Waals surface area contributed by atoms with E-state index in [2.05, 4.69) is 5.32 Å². The summed E-state index contributed by atoms with van der Waals surface area (Å²) in [6.07, 6.45) is -2.80. The second kappa shape index (κ2) is 10.1. The number of halogens is 7. The van der Waals surface area contributed by atoms with Gasteiger partial charge in [0.1, 0.15) is 10.2 Å². The molecule has 3 aromatic rings. The average Bonchev–Trinajstić information content (AvgIpc) is 3.41. The number of carbonyl (C=O) groups is 2. The van der Waals surface area contributed by atoms with E-state index in [0.29, 0.717) is 11.3 Å². The number of rotatable bonds is 6. The van der Waals surface area contributed by atoms with Crippen LogP contribution in [0.1, 0.15) is 33.8 Å². The molecule has 1 fully saturated rings. The minimum absolute atomic E-state index is 0.0934. The van der Waals surface area contributed by atoms with E-state index < -0.39 is 40.2 Å². The quantitative estimate of drug-likeness (QED) is 0.304. The Bertz CT molecular complexity index is 1340. The van der Waals surface area contributed by atoms with Crippen molar-refractivity contribution in [2.75, 3.05) is 17.3 Å². The molecule has 1 aliphatic rings. The van der Waals surface area contributed by atoms with E-state index >= 15 is 0 Å². The van der Waals surface area contributed by atoms with Crippen LogP contribution in [0.2, 0.25) is 10.0 Å². The number of hydrogen-bond donors (Lipinski definition) is 1. The first-order chi connectivity index (χ1) is 16.9. The van der Waals surface area contributed by atoms with E-state index in [0.717, 1.165) is 0 Å². The predicted octanol–water partition coefficient (Wildman–Crippen LogP) is 7.87. The summed E-state index contributed by atoms with van der Waals surface area (Å²) in [5.74, 6) is -3.18. The van der Waals surface area contributed by atoms with Gasteiger partial charge in [0.15, 0.2) is 0 Å². The second-order valence-electron chi connectivity index (χ2n) is 8.24. The second-order valence-corrected chi connectivity index (χ2v) is 10.5. The van der Waals surface area contributed by atoms with Gasteiger partial charge in [-0.05, 0) is 60.2 Å². The molecule has 0 spiro atoms. The normalized spacial score (nSPS) is 18.1. The molecule has 0 radical (unpaired) electrons. The third-order valence-electron chi connectivity index (χ3n) is 5.93. The van der Waals surface area contributed by atoms with Crippen LogP contribution in [-0.4, -0.2) is 23.2 Å². The summed E-state index contributed by atoms with van der Waals surface area (Å²) in [5, 5.41) is 2.69. The minimum Gasteiger partial charge on any atom is -0.326 e. The standard InChI is InChI=1S/C25H17Cl4F3N2O2/c1-34(15-6-3-13(30)4-7-15)24(36)17-11-14(5-9-19(17)27)33-23(35)21-20(25(21,28)29)12-2-8-18(26)16(10-12)22(31)32/h2-11,20-22H,1H3,(H,33,35)/t20-,21+/m1/s1. The van der Waals surface area contributed by atoms with Gasteiger partial charge in [-0.15, -0.1) is 23.2 Å². The van der Waals surface area contributed by atoms with E-state index in [1.165, 1.54) is 72.6 Å². The van der Waals surface area contributed by atoms with E-state index in [1.807, 2.05) is 0 Å². The highest BCUT2D eigenvalue weighted by molar-refractivity contribution is 6.53. The molecular formula is C25H17Cl4F3N2O2. The lowest BCUT2D eigenvalue weighted by Gasteiger charge is -2.18. The van der Waals surface area contributed by atoms with Crippen molar-refractivity contribution in [1.29, 1.82) is 0 Å². The highest BCUT2D eigenvalue weighted by atomic mass is 35.5. The molecule has 188 valence electrons. The van der Waals surface area contributed by atoms with Gasteiger partial charge >= 0.3 is 0 Å². The Morgan fingerprint density at radius 2 is 1.61 bits per heavy atom. The Hall–Kier alpha value is -2.45. The monoisotopic (exact) mass is 574 g/mol. The zero-order chi connectivity index (χ0) is 26.4. The van der Waals surface area contributed by atoms with E-state index in [9.17, 15) is 22.8 Å². The Labute approximate surface area is 224 Å². The molecule has 3 aromatic carbocycles. The SMILES string of the molecule is CN(C(=O)c1cc(NC(=O)[C@@H]2[C@@H](c3ccc(Cl)c(C(F)F)c3)C2(Cl)Cl)ccc1Cl)c1ccc(F)cc1. The fourth-order valence-corrected chi connectivity index (χ4v) is 5.17. The Morgan fingerprint density at radius 1 is 0.972 bits per heavy atom. The predicted molar refractivity (Wildman–Crippen MR) is 136 cm³/mol. The summed E-state index contributed by atoms with van der Waals surface area (Å²) in [5.41, 5.74) is 0.756. The number of nitrogens with zero attached hydrogens (tertiary/aromatic N) is 1. The number of carbonyl (C=O) groups excluding carboxylic acids is 2. The summed E-state index contributed by atoms with van der Waals surface area (Å²) >= 11 is 24.7. The molecule has 0 unspecified atom stereocenters. The molecule has 0 aliphatic heterocycles. The molecule has 1 saturated carbocycles. The zero-order valence-corrected chi connectivity index (χ0v) is 21.4. The first kappa shape index (κ1) is 26.6. The van der Waals surface area contributed by atoms with E-state index in [-0.39, 0.29) is 26.9 Å². The van der Waals surface area contributed by atoms with Crippen LogP contribution in [0, 0.1) is 11.7 Å². The van der Waals surface area contributed by atoms with Crippen LogP contribution in [0.3, 0.4) is 0 Å². The number of benzene rings is 3. The van der Waals surface area contributed by atoms with Gasteiger partial charge in [0, 0.05) is 34.9 Å². The fourth-order valence-electron chi connectivity index (χ4n) is 3.94. The third kappa shape index (κ3) is 5.16. The van der Waals surface area contributed by atoms with Gasteiger partial charge in [0.25, 0.3) is 12.3 Å². The summed E-state index contributed by atoms with van der Waals surface area (Å²) in [6, 6.07) is 13.6. The molecule has 0 saturated heterocycles. The highest BCUT2D eigenvalue weighted by Crippen LogP contribution is 2.65. The molecule has 1 N–H and O–H groups in total. The molecule has 2 atom stereocenters. The molecule has 1 aliphatic carbocycles. The largest absolute Gasteiger partial charge is 0.326 e. The van der Waals surface area contributed by atoms with Crippen molar-refractivity contribution in [3.63, 3.8) is 0 Å². The third-order valence-corrected chi connectivity index (χ3v) is 7.55. The van der Waals surface area contributed by atoms with Crippen LogP contribution in [-0.2, 0) is 4.79 Å². The van der Waals surface area contributed by atoms with Gasteiger partial charge in [-0.25, -0.2) is 13.2 Å². The van der Waals surface area contributed by atoms with Crippen molar-refractivity contribution in [2.24, 2.45) is 5.92 Å². The van der Waals surface area contributed by atoms with Crippen molar-refractivity contribution in [3.05, 3.63) is 93.2 Å². The van der Waals surface area contributed by atoms with Crippen molar-refractivity contribution in [1.82, 2.24) is 0 Å². The lowest BCUT2D eigenvalue weighted by atomic mass is 10.1. The van der Waals surface area contributed by atoms with Crippen molar-refractivity contribution in [3.8, 4) is 0 Å². The van der Waals surface area contributed by atoms with Gasteiger partial charge in [-0.1, -0.05) is 29.3 Å². The summed E-state index contributed by atoms with van der Waals surface area (Å²) in [4.78, 5) is 27.3. The maximum Gasteiger partial charge on any atom is 0.265 e. The van der Waals surface area contributed by atoms with Crippen LogP contribution in [0.5, 0.6) is 0 Å². The fraction of sp³-hybridized carbons (Fsp3) is 0.200. The molecule has 0 bridgehead atoms. The van der Waals surface area contributed by atoms with Gasteiger partial charge in [0.2, 0.25) is 5.91 Å². The van der Waals surface area contributed by atoms with Gasteiger partial charge in [-0.3, -0.25) is 9.59 Å². The minimum atomic E-state index is -2.80. The smallest absolute Gasteiger partial charge is 0.265 e. The lowest BCUT2D eigenvalue weighted by Crippen LogP contribution is -2.26. The van der Waals surface area contributed by atoms with Crippen molar-refractivity contribution in [2.45, 2.75) is 16.7 Å². The number of anilines is 2. The molecule has 36 heavy (non-hydrogen) atoms. The average molecular weight is 576 g/mol. The molecule has 2 amide bonds. The molecule has 0 aromatic heterocycles. The number of alkyl halides is 4. The van der Waals surface area contributed by atoms with Crippen LogP contribution >= 0.6 is 46.4 Å². The number of nitrogens with one attached hydrogen (secondary N) is 1. The molecular weight excluding hydrogens is 559 g/mol. The maximum absolute atomic E-state index is 13.3. The van der Waals surface area contributed by atoms with Gasteiger partial charge in [-0.2, -0.15) is 0 Å². The van der Waals surface area contributed by atoms with Crippen molar-refractivity contribution < 1.29 is 22.8 Å². The molecule has 11 heteroatoms. The van der Waals surface area contributed by atoms with Crippen LogP contribution < -0.4 is 10.2 Å². The maximum atomic E-state index is 13.3. The highest BCUT2D eigenvalue weighted by Gasteiger charge is 2.67. The molecule has 0 heterocycles. The number of amides is 2. The summed E-state index contributed by atoms with van der Waals surface area (Å²) < 4.78 is 38.2. The van der Waals surface area contributed by atoms with E-state index in [1.54, 1.807) is 0 Å². The van der Waals surface area contributed by atoms with E-state index in [4.69, 9.17) is 46.4 Å². The van der Waals surface area contributed by atoms with Crippen LogP contribution in [0.4, 0.5) is 24.5 Å². The lowest BCUT2D eigenvalue weighted by molar-refractivity contribution is -0.117. The Kier molecular flexibility index (Phi) is 7.49. The van der Waals surface area contributed by atoms with Crippen LogP contribution in [0.25, 0.3) is 0 Å². The summed E-state index contributed by atoms with van der Waals surface area (Å²) in [7, 11) is 1.50. The Balaban J connectivity index is 1.53. The van der Waals surface area contributed by atoms with Crippen LogP contribution in [0.15, 0.2) is 60.7 Å². The van der Waals surface area contributed by atoms with Gasteiger partial charge in [0.05, 0.1) is 16.5 Å². The van der Waals surface area contributed by atoms with Crippen molar-refractivity contribution >= 4 is 69.6 Å². The van der Waals surface area contributed by atoms with Gasteiger partial charge < -0.3 is 10.2 Å². The molecule has 4 nitrogen and oxygen atoms in total. The zero-order valence-electron chi connectivity index (χ0n) is 18.4.